The summed E-state index contributed by atoms with van der Waals surface area (Å²) in [6, 6.07) is 12.8. The Bertz CT molecular complexity index is 904. The van der Waals surface area contributed by atoms with Crippen molar-refractivity contribution < 1.29 is 16.8 Å². The number of sulfonamides is 2. The summed E-state index contributed by atoms with van der Waals surface area (Å²) in [5, 5.41) is 0. The molecule has 1 N–H and O–H groups in total. The van der Waals surface area contributed by atoms with Crippen LogP contribution in [0.4, 0.5) is 11.4 Å². The van der Waals surface area contributed by atoms with E-state index >= 15 is 0 Å². The topological polar surface area (TPSA) is 83.6 Å². The molecule has 0 amide bonds. The second kappa shape index (κ2) is 6.82. The quantitative estimate of drug-likeness (QED) is 0.849. The Balaban J connectivity index is 2.20. The van der Waals surface area contributed by atoms with Crippen LogP contribution in [0.3, 0.4) is 0 Å². The maximum Gasteiger partial charge on any atom is 0.261 e. The largest absolute Gasteiger partial charge is 0.280 e. The van der Waals surface area contributed by atoms with Crippen molar-refractivity contribution in [2.75, 3.05) is 22.3 Å². The average Bonchev–Trinajstić information content (AvgIpc) is 2.54. The zero-order valence-corrected chi connectivity index (χ0v) is 15.4. The van der Waals surface area contributed by atoms with Gasteiger partial charge in [-0.25, -0.2) is 16.8 Å². The van der Waals surface area contributed by atoms with Crippen LogP contribution in [0.25, 0.3) is 0 Å². The fourth-order valence-corrected chi connectivity index (χ4v) is 3.61. The highest BCUT2D eigenvalue weighted by atomic mass is 32.2. The number of anilines is 2. The average molecular weight is 368 g/mol. The van der Waals surface area contributed by atoms with Crippen molar-refractivity contribution in [1.29, 1.82) is 0 Å². The summed E-state index contributed by atoms with van der Waals surface area (Å²) < 4.78 is 51.3. The first-order valence-electron chi connectivity index (χ1n) is 7.29. The third kappa shape index (κ3) is 4.27. The van der Waals surface area contributed by atoms with Gasteiger partial charge in [0.2, 0.25) is 10.0 Å². The fourth-order valence-electron chi connectivity index (χ4n) is 2.05. The molecule has 0 aliphatic heterocycles. The van der Waals surface area contributed by atoms with Crippen LogP contribution in [0, 0.1) is 0 Å². The van der Waals surface area contributed by atoms with Crippen LogP contribution < -0.4 is 9.03 Å². The Morgan fingerprint density at radius 1 is 0.917 bits per heavy atom. The lowest BCUT2D eigenvalue weighted by Gasteiger charge is -2.17. The highest BCUT2D eigenvalue weighted by Crippen LogP contribution is 2.21. The molecule has 0 spiro atoms. The van der Waals surface area contributed by atoms with Gasteiger partial charge in [-0.3, -0.25) is 9.03 Å². The van der Waals surface area contributed by atoms with Gasteiger partial charge < -0.3 is 0 Å². The van der Waals surface area contributed by atoms with Crippen LogP contribution in [-0.4, -0.2) is 30.1 Å². The van der Waals surface area contributed by atoms with E-state index in [0.29, 0.717) is 11.4 Å². The summed E-state index contributed by atoms with van der Waals surface area (Å²) in [5.41, 5.74) is 1.87. The molecule has 8 heteroatoms. The molecule has 24 heavy (non-hydrogen) atoms. The van der Waals surface area contributed by atoms with Crippen LogP contribution >= 0.6 is 0 Å². The molecule has 0 aromatic heterocycles. The molecule has 0 saturated carbocycles. The summed E-state index contributed by atoms with van der Waals surface area (Å²) in [7, 11) is -5.61. The third-order valence-electron chi connectivity index (χ3n) is 3.62. The van der Waals surface area contributed by atoms with Crippen molar-refractivity contribution in [3.05, 3.63) is 54.1 Å². The molecule has 2 aromatic rings. The molecule has 0 atom stereocenters. The lowest BCUT2D eigenvalue weighted by atomic mass is 10.2. The van der Waals surface area contributed by atoms with Gasteiger partial charge in [-0.05, 0) is 48.4 Å². The van der Waals surface area contributed by atoms with E-state index in [4.69, 9.17) is 0 Å². The van der Waals surface area contributed by atoms with Gasteiger partial charge in [0, 0.05) is 12.7 Å². The SMILES string of the molecule is CCc1ccc(S(=O)(=O)Nc2ccc(N(C)S(C)(=O)=O)cc2)cc1. The van der Waals surface area contributed by atoms with Crippen LogP contribution in [-0.2, 0) is 26.5 Å². The van der Waals surface area contributed by atoms with Gasteiger partial charge in [-0.1, -0.05) is 19.1 Å². The minimum Gasteiger partial charge on any atom is -0.280 e. The Kier molecular flexibility index (Phi) is 5.19. The van der Waals surface area contributed by atoms with E-state index in [-0.39, 0.29) is 4.90 Å². The minimum atomic E-state index is -3.68. The van der Waals surface area contributed by atoms with Crippen molar-refractivity contribution in [1.82, 2.24) is 0 Å². The number of rotatable bonds is 6. The van der Waals surface area contributed by atoms with E-state index in [9.17, 15) is 16.8 Å². The zero-order valence-electron chi connectivity index (χ0n) is 13.7. The number of nitrogens with one attached hydrogen (secondary N) is 1. The molecule has 0 saturated heterocycles. The molecule has 2 rings (SSSR count). The van der Waals surface area contributed by atoms with Crippen LogP contribution in [0.15, 0.2) is 53.4 Å². The molecule has 0 unspecified atom stereocenters. The van der Waals surface area contributed by atoms with E-state index in [1.807, 2.05) is 6.92 Å². The summed E-state index contributed by atoms with van der Waals surface area (Å²) in [6.07, 6.45) is 1.94. The lowest BCUT2D eigenvalue weighted by Crippen LogP contribution is -2.24. The molecule has 0 aliphatic rings. The Morgan fingerprint density at radius 3 is 1.92 bits per heavy atom. The van der Waals surface area contributed by atoms with Gasteiger partial charge in [0.05, 0.1) is 16.8 Å². The first-order chi connectivity index (χ1) is 11.1. The van der Waals surface area contributed by atoms with Crippen LogP contribution in [0.1, 0.15) is 12.5 Å². The standard InChI is InChI=1S/C16H20N2O4S2/c1-4-13-5-11-16(12-6-13)24(21,22)17-14-7-9-15(10-8-14)18(2)23(3,19)20/h5-12,17H,4H2,1-3H3. The molecule has 0 heterocycles. The molecule has 0 aliphatic carbocycles. The molecule has 6 nitrogen and oxygen atoms in total. The normalized spacial score (nSPS) is 12.0. The monoisotopic (exact) mass is 368 g/mol. The number of nitrogens with zero attached hydrogens (tertiary/aromatic N) is 1. The molecule has 0 fully saturated rings. The number of hydrogen-bond donors (Lipinski definition) is 1. The number of benzene rings is 2. The minimum absolute atomic E-state index is 0.178. The summed E-state index contributed by atoms with van der Waals surface area (Å²) in [6.45, 7) is 2.00. The summed E-state index contributed by atoms with van der Waals surface area (Å²) >= 11 is 0. The highest BCUT2D eigenvalue weighted by molar-refractivity contribution is 7.92. The van der Waals surface area contributed by atoms with Crippen molar-refractivity contribution in [3.63, 3.8) is 0 Å². The molecular formula is C16H20N2O4S2. The van der Waals surface area contributed by atoms with E-state index in [0.717, 1.165) is 22.5 Å². The Hall–Kier alpha value is -2.06. The second-order valence-electron chi connectivity index (χ2n) is 5.38. The van der Waals surface area contributed by atoms with Gasteiger partial charge in [0.15, 0.2) is 0 Å². The first-order valence-corrected chi connectivity index (χ1v) is 10.6. The van der Waals surface area contributed by atoms with Crippen molar-refractivity contribution in [2.24, 2.45) is 0 Å². The zero-order chi connectivity index (χ0) is 18.0. The number of hydrogen-bond acceptors (Lipinski definition) is 4. The van der Waals surface area contributed by atoms with E-state index < -0.39 is 20.0 Å². The maximum absolute atomic E-state index is 12.4. The summed E-state index contributed by atoms with van der Waals surface area (Å²) in [5.74, 6) is 0. The summed E-state index contributed by atoms with van der Waals surface area (Å²) in [4.78, 5) is 0.178. The van der Waals surface area contributed by atoms with Crippen LogP contribution in [0.2, 0.25) is 0 Å². The molecule has 130 valence electrons. The highest BCUT2D eigenvalue weighted by Gasteiger charge is 2.15. The predicted octanol–water partition coefficient (Wildman–Crippen LogP) is 2.45. The molecule has 0 radical (unpaired) electrons. The van der Waals surface area contributed by atoms with Gasteiger partial charge in [-0.2, -0.15) is 0 Å². The smallest absolute Gasteiger partial charge is 0.261 e. The van der Waals surface area contributed by atoms with Crippen molar-refractivity contribution in [2.45, 2.75) is 18.2 Å². The lowest BCUT2D eigenvalue weighted by molar-refractivity contribution is 0.598. The van der Waals surface area contributed by atoms with Crippen molar-refractivity contribution in [3.8, 4) is 0 Å². The van der Waals surface area contributed by atoms with Gasteiger partial charge >= 0.3 is 0 Å². The Morgan fingerprint density at radius 2 is 1.46 bits per heavy atom. The van der Waals surface area contributed by atoms with Crippen LogP contribution in [0.5, 0.6) is 0 Å². The first kappa shape index (κ1) is 18.3. The maximum atomic E-state index is 12.4. The molecule has 0 bridgehead atoms. The molecular weight excluding hydrogens is 348 g/mol. The van der Waals surface area contributed by atoms with E-state index in [1.165, 1.54) is 19.2 Å². The van der Waals surface area contributed by atoms with Gasteiger partial charge in [-0.15, -0.1) is 0 Å². The molecule has 2 aromatic carbocycles. The van der Waals surface area contributed by atoms with Gasteiger partial charge in [0.25, 0.3) is 10.0 Å². The fraction of sp³-hybridized carbons (Fsp3) is 0.250. The number of aryl methyl sites for hydroxylation is 1. The predicted molar refractivity (Wildman–Crippen MR) is 96.3 cm³/mol. The van der Waals surface area contributed by atoms with E-state index in [2.05, 4.69) is 4.72 Å². The third-order valence-corrected chi connectivity index (χ3v) is 6.23. The second-order valence-corrected chi connectivity index (χ2v) is 9.08. The van der Waals surface area contributed by atoms with E-state index in [1.54, 1.807) is 36.4 Å². The van der Waals surface area contributed by atoms with Crippen molar-refractivity contribution >= 4 is 31.4 Å². The Labute approximate surface area is 143 Å². The van der Waals surface area contributed by atoms with Gasteiger partial charge in [0.1, 0.15) is 0 Å².